The van der Waals surface area contributed by atoms with E-state index in [-0.39, 0.29) is 6.04 Å². The Bertz CT molecular complexity index is 694. The van der Waals surface area contributed by atoms with Gasteiger partial charge < -0.3 is 10.5 Å². The van der Waals surface area contributed by atoms with Crippen molar-refractivity contribution in [1.82, 2.24) is 4.98 Å². The van der Waals surface area contributed by atoms with Crippen LogP contribution in [-0.2, 0) is 0 Å². The van der Waals surface area contributed by atoms with Crippen molar-refractivity contribution in [2.75, 3.05) is 7.11 Å². The topological polar surface area (TPSA) is 48.1 Å². The van der Waals surface area contributed by atoms with Crippen LogP contribution in [0.4, 0.5) is 0 Å². The number of ether oxygens (including phenoxy) is 1. The molecule has 2 aromatic carbocycles. The minimum absolute atomic E-state index is 0.161. The maximum Gasteiger partial charge on any atom is 0.119 e. The van der Waals surface area contributed by atoms with Gasteiger partial charge in [0.25, 0.3) is 0 Å². The third-order valence-electron chi connectivity index (χ3n) is 3.15. The molecule has 0 fully saturated rings. The predicted octanol–water partition coefficient (Wildman–Crippen LogP) is 3.35. The summed E-state index contributed by atoms with van der Waals surface area (Å²) in [6.45, 7) is 0. The number of fused-ring (bicyclic) bond motifs is 1. The molecule has 0 radical (unpaired) electrons. The monoisotopic (exact) mass is 270 g/mol. The zero-order valence-electron chi connectivity index (χ0n) is 10.5. The minimum Gasteiger partial charge on any atom is -0.497 e. The highest BCUT2D eigenvalue weighted by molar-refractivity contribution is 7.09. The molecule has 0 amide bonds. The fourth-order valence-electron chi connectivity index (χ4n) is 2.09. The Morgan fingerprint density at radius 3 is 2.68 bits per heavy atom. The van der Waals surface area contributed by atoms with Gasteiger partial charge in [-0.15, -0.1) is 11.3 Å². The second-order valence-corrected chi connectivity index (χ2v) is 5.25. The van der Waals surface area contributed by atoms with Crippen LogP contribution < -0.4 is 10.5 Å². The minimum atomic E-state index is -0.161. The lowest BCUT2D eigenvalue weighted by molar-refractivity contribution is 0.415. The van der Waals surface area contributed by atoms with Crippen LogP contribution in [0.2, 0.25) is 0 Å². The molecule has 96 valence electrons. The summed E-state index contributed by atoms with van der Waals surface area (Å²) in [6.07, 6.45) is 1.78. The van der Waals surface area contributed by atoms with Gasteiger partial charge in [-0.1, -0.05) is 18.2 Å². The molecule has 0 saturated heterocycles. The van der Waals surface area contributed by atoms with Crippen LogP contribution in [0.3, 0.4) is 0 Å². The Balaban J connectivity index is 2.02. The van der Waals surface area contributed by atoms with Crippen molar-refractivity contribution in [2.45, 2.75) is 6.04 Å². The van der Waals surface area contributed by atoms with E-state index in [9.17, 15) is 0 Å². The van der Waals surface area contributed by atoms with Gasteiger partial charge in [-0.3, -0.25) is 0 Å². The molecule has 1 aromatic heterocycles. The Morgan fingerprint density at radius 1 is 1.16 bits per heavy atom. The summed E-state index contributed by atoms with van der Waals surface area (Å²) < 4.78 is 5.23. The summed E-state index contributed by atoms with van der Waals surface area (Å²) >= 11 is 1.58. The van der Waals surface area contributed by atoms with E-state index in [2.05, 4.69) is 17.1 Å². The molecule has 3 aromatic rings. The van der Waals surface area contributed by atoms with Gasteiger partial charge in [0, 0.05) is 11.6 Å². The molecule has 3 nitrogen and oxygen atoms in total. The van der Waals surface area contributed by atoms with Crippen molar-refractivity contribution >= 4 is 22.1 Å². The van der Waals surface area contributed by atoms with E-state index >= 15 is 0 Å². The summed E-state index contributed by atoms with van der Waals surface area (Å²) in [7, 11) is 1.67. The zero-order valence-corrected chi connectivity index (χ0v) is 11.4. The van der Waals surface area contributed by atoms with Crippen LogP contribution in [-0.4, -0.2) is 12.1 Å². The van der Waals surface area contributed by atoms with Crippen molar-refractivity contribution in [3.63, 3.8) is 0 Å². The lowest BCUT2D eigenvalue weighted by Crippen LogP contribution is -2.11. The summed E-state index contributed by atoms with van der Waals surface area (Å²) in [5, 5.41) is 5.19. The molecule has 4 heteroatoms. The van der Waals surface area contributed by atoms with Gasteiger partial charge in [0.15, 0.2) is 0 Å². The van der Waals surface area contributed by atoms with Crippen LogP contribution in [0.25, 0.3) is 10.8 Å². The average Bonchev–Trinajstić information content (AvgIpc) is 2.99. The number of hydrogen-bond donors (Lipinski definition) is 1. The predicted molar refractivity (Wildman–Crippen MR) is 78.6 cm³/mol. The number of benzene rings is 2. The Hall–Kier alpha value is -1.91. The standard InChI is InChI=1S/C15H14N2OS/c1-18-13-5-4-10-8-12(3-2-11(10)9-13)14(16)15-17-6-7-19-15/h2-9,14H,16H2,1H3. The van der Waals surface area contributed by atoms with Gasteiger partial charge in [-0.2, -0.15) is 0 Å². The third-order valence-corrected chi connectivity index (χ3v) is 4.01. The molecule has 0 aliphatic heterocycles. The first-order valence-corrected chi connectivity index (χ1v) is 6.88. The lowest BCUT2D eigenvalue weighted by atomic mass is 10.0. The molecule has 1 unspecified atom stereocenters. The van der Waals surface area contributed by atoms with Gasteiger partial charge in [0.05, 0.1) is 13.2 Å². The summed E-state index contributed by atoms with van der Waals surface area (Å²) in [5.74, 6) is 0.865. The van der Waals surface area contributed by atoms with E-state index in [0.717, 1.165) is 27.1 Å². The van der Waals surface area contributed by atoms with Crippen molar-refractivity contribution in [2.24, 2.45) is 5.73 Å². The third kappa shape index (κ3) is 2.32. The van der Waals surface area contributed by atoms with Crippen LogP contribution >= 0.6 is 11.3 Å². The summed E-state index contributed by atoms with van der Waals surface area (Å²) in [5.41, 5.74) is 7.31. The average molecular weight is 270 g/mol. The molecular weight excluding hydrogens is 256 g/mol. The number of nitrogens with two attached hydrogens (primary N) is 1. The number of thiazole rings is 1. The fourth-order valence-corrected chi connectivity index (χ4v) is 2.76. The van der Waals surface area contributed by atoms with Gasteiger partial charge >= 0.3 is 0 Å². The van der Waals surface area contributed by atoms with Crippen molar-refractivity contribution in [3.8, 4) is 5.75 Å². The number of nitrogens with zero attached hydrogens (tertiary/aromatic N) is 1. The maximum absolute atomic E-state index is 6.23. The molecule has 1 atom stereocenters. The second kappa shape index (κ2) is 4.99. The normalized spacial score (nSPS) is 12.5. The summed E-state index contributed by atoms with van der Waals surface area (Å²) in [6, 6.07) is 12.1. The largest absolute Gasteiger partial charge is 0.497 e. The number of hydrogen-bond acceptors (Lipinski definition) is 4. The zero-order chi connectivity index (χ0) is 13.2. The van der Waals surface area contributed by atoms with E-state index < -0.39 is 0 Å². The first kappa shape index (κ1) is 12.1. The van der Waals surface area contributed by atoms with Crippen molar-refractivity contribution in [3.05, 3.63) is 58.5 Å². The van der Waals surface area contributed by atoms with Gasteiger partial charge in [-0.25, -0.2) is 4.98 Å². The van der Waals surface area contributed by atoms with E-state index in [1.807, 2.05) is 29.6 Å². The van der Waals surface area contributed by atoms with E-state index in [1.165, 1.54) is 0 Å². The van der Waals surface area contributed by atoms with Crippen LogP contribution in [0.15, 0.2) is 48.0 Å². The number of methoxy groups -OCH3 is 1. The quantitative estimate of drug-likeness (QED) is 0.794. The van der Waals surface area contributed by atoms with Gasteiger partial charge in [0.1, 0.15) is 10.8 Å². The first-order chi connectivity index (χ1) is 9.28. The van der Waals surface area contributed by atoms with E-state index in [4.69, 9.17) is 10.5 Å². The molecule has 0 spiro atoms. The SMILES string of the molecule is COc1ccc2cc(C(N)c3nccs3)ccc2c1. The lowest BCUT2D eigenvalue weighted by Gasteiger charge is -2.10. The smallest absolute Gasteiger partial charge is 0.119 e. The first-order valence-electron chi connectivity index (χ1n) is 6.00. The molecule has 0 aliphatic carbocycles. The highest BCUT2D eigenvalue weighted by atomic mass is 32.1. The Kier molecular flexibility index (Phi) is 3.19. The van der Waals surface area contributed by atoms with Crippen LogP contribution in [0.5, 0.6) is 5.75 Å². The van der Waals surface area contributed by atoms with Gasteiger partial charge in [0.2, 0.25) is 0 Å². The second-order valence-electron chi connectivity index (χ2n) is 4.32. The molecule has 2 N–H and O–H groups in total. The molecule has 0 aliphatic rings. The van der Waals surface area contributed by atoms with Crippen molar-refractivity contribution in [1.29, 1.82) is 0 Å². The molecule has 3 rings (SSSR count). The highest BCUT2D eigenvalue weighted by Crippen LogP contribution is 2.26. The summed E-state index contributed by atoms with van der Waals surface area (Å²) in [4.78, 5) is 4.27. The molecule has 19 heavy (non-hydrogen) atoms. The van der Waals surface area contributed by atoms with Crippen molar-refractivity contribution < 1.29 is 4.74 Å². The molecule has 0 bridgehead atoms. The fraction of sp³-hybridized carbons (Fsp3) is 0.133. The van der Waals surface area contributed by atoms with Gasteiger partial charge in [-0.05, 0) is 34.5 Å². The Morgan fingerprint density at radius 2 is 1.95 bits per heavy atom. The molecule has 1 heterocycles. The molecule has 0 saturated carbocycles. The van der Waals surface area contributed by atoms with E-state index in [1.54, 1.807) is 24.6 Å². The molecular formula is C15H14N2OS. The Labute approximate surface area is 115 Å². The number of rotatable bonds is 3. The highest BCUT2D eigenvalue weighted by Gasteiger charge is 2.11. The number of aromatic nitrogens is 1. The maximum atomic E-state index is 6.23. The van der Waals surface area contributed by atoms with Crippen LogP contribution in [0, 0.1) is 0 Å². The van der Waals surface area contributed by atoms with Crippen LogP contribution in [0.1, 0.15) is 16.6 Å². The van der Waals surface area contributed by atoms with E-state index in [0.29, 0.717) is 0 Å².